The van der Waals surface area contributed by atoms with Gasteiger partial charge in [-0.1, -0.05) is 12.1 Å². The second-order valence-corrected chi connectivity index (χ2v) is 8.63. The van der Waals surface area contributed by atoms with Gasteiger partial charge in [-0.3, -0.25) is 4.90 Å². The van der Waals surface area contributed by atoms with Gasteiger partial charge in [0.1, 0.15) is 17.5 Å². The fourth-order valence-corrected chi connectivity index (χ4v) is 4.82. The third-order valence-corrected chi connectivity index (χ3v) is 6.48. The van der Waals surface area contributed by atoms with Crippen molar-refractivity contribution in [3.8, 4) is 5.69 Å². The van der Waals surface area contributed by atoms with Crippen molar-refractivity contribution >= 4 is 10.9 Å². The van der Waals surface area contributed by atoms with E-state index in [0.29, 0.717) is 13.0 Å². The van der Waals surface area contributed by atoms with E-state index in [1.807, 2.05) is 0 Å². The lowest BCUT2D eigenvalue weighted by Gasteiger charge is -2.28. The summed E-state index contributed by atoms with van der Waals surface area (Å²) in [6.07, 6.45) is 1.55. The molecule has 0 aliphatic carbocycles. The number of nitrogens with zero attached hydrogens (tertiary/aromatic N) is 2. The predicted molar refractivity (Wildman–Crippen MR) is 123 cm³/mol. The van der Waals surface area contributed by atoms with Crippen LogP contribution in [0.2, 0.25) is 0 Å². The molecule has 0 unspecified atom stereocenters. The summed E-state index contributed by atoms with van der Waals surface area (Å²) in [5.74, 6) is -0.878. The number of aromatic nitrogens is 1. The van der Waals surface area contributed by atoms with Crippen molar-refractivity contribution < 1.29 is 18.3 Å². The van der Waals surface area contributed by atoms with E-state index < -0.39 is 6.10 Å². The Hall–Kier alpha value is -3.09. The first-order valence-corrected chi connectivity index (χ1v) is 11.2. The van der Waals surface area contributed by atoms with Gasteiger partial charge in [-0.15, -0.1) is 0 Å². The highest BCUT2D eigenvalue weighted by Crippen LogP contribution is 2.34. The zero-order valence-corrected chi connectivity index (χ0v) is 18.1. The molecular formula is C27H25F3N2O. The van der Waals surface area contributed by atoms with Crippen molar-refractivity contribution in [2.45, 2.75) is 31.9 Å². The molecule has 5 rings (SSSR count). The van der Waals surface area contributed by atoms with Crippen LogP contribution in [0.25, 0.3) is 16.6 Å². The molecular weight excluding hydrogens is 425 g/mol. The third-order valence-electron chi connectivity index (χ3n) is 6.48. The Bertz CT molecular complexity index is 1270. The summed E-state index contributed by atoms with van der Waals surface area (Å²) in [5, 5.41) is 11.3. The van der Waals surface area contributed by atoms with Gasteiger partial charge in [0.25, 0.3) is 0 Å². The van der Waals surface area contributed by atoms with Gasteiger partial charge < -0.3 is 9.67 Å². The van der Waals surface area contributed by atoms with Crippen molar-refractivity contribution in [3.05, 3.63) is 101 Å². The largest absolute Gasteiger partial charge is 0.388 e. The number of hydrogen-bond acceptors (Lipinski definition) is 2. The van der Waals surface area contributed by atoms with Crippen molar-refractivity contribution in [2.75, 3.05) is 13.1 Å². The maximum atomic E-state index is 14.1. The van der Waals surface area contributed by atoms with Crippen LogP contribution in [0.15, 0.2) is 66.7 Å². The molecule has 1 aliphatic heterocycles. The lowest BCUT2D eigenvalue weighted by atomic mass is 10.0. The van der Waals surface area contributed by atoms with Crippen LogP contribution in [0.1, 0.15) is 35.8 Å². The topological polar surface area (TPSA) is 28.4 Å². The maximum Gasteiger partial charge on any atom is 0.123 e. The molecule has 33 heavy (non-hydrogen) atoms. The number of hydrogen-bond donors (Lipinski definition) is 1. The van der Waals surface area contributed by atoms with Crippen LogP contribution < -0.4 is 0 Å². The molecule has 0 spiro atoms. The Balaban J connectivity index is 1.35. The van der Waals surface area contributed by atoms with Crippen LogP contribution in [-0.4, -0.2) is 27.7 Å². The van der Waals surface area contributed by atoms with Crippen molar-refractivity contribution in [1.29, 1.82) is 0 Å². The number of aliphatic hydroxyl groups excluding tert-OH is 1. The average molecular weight is 451 g/mol. The molecule has 0 amide bonds. The van der Waals surface area contributed by atoms with Crippen LogP contribution >= 0.6 is 0 Å². The summed E-state index contributed by atoms with van der Waals surface area (Å²) in [4.78, 5) is 2.32. The lowest BCUT2D eigenvalue weighted by Crippen LogP contribution is -2.32. The monoisotopic (exact) mass is 450 g/mol. The number of aliphatic hydroxyl groups is 1. The molecule has 3 aromatic carbocycles. The zero-order chi connectivity index (χ0) is 22.9. The molecule has 3 nitrogen and oxygen atoms in total. The second kappa shape index (κ2) is 9.04. The molecule has 0 saturated heterocycles. The first kappa shape index (κ1) is 21.7. The molecule has 6 heteroatoms. The third kappa shape index (κ3) is 4.41. The van der Waals surface area contributed by atoms with E-state index in [-0.39, 0.29) is 17.5 Å². The van der Waals surface area contributed by atoms with Gasteiger partial charge in [-0.2, -0.15) is 0 Å². The Morgan fingerprint density at radius 3 is 2.24 bits per heavy atom. The molecule has 0 bridgehead atoms. The maximum absolute atomic E-state index is 14.1. The average Bonchev–Trinajstić information content (AvgIpc) is 3.13. The minimum absolute atomic E-state index is 0.277. The summed E-state index contributed by atoms with van der Waals surface area (Å²) < 4.78 is 42.8. The van der Waals surface area contributed by atoms with Crippen LogP contribution in [-0.2, 0) is 13.0 Å². The minimum Gasteiger partial charge on any atom is -0.388 e. The van der Waals surface area contributed by atoms with Gasteiger partial charge in [-0.05, 0) is 85.1 Å². The van der Waals surface area contributed by atoms with Gasteiger partial charge >= 0.3 is 0 Å². The highest BCUT2D eigenvalue weighted by atomic mass is 19.1. The van der Waals surface area contributed by atoms with E-state index in [4.69, 9.17) is 0 Å². The first-order valence-electron chi connectivity index (χ1n) is 11.2. The van der Waals surface area contributed by atoms with Gasteiger partial charge in [0.05, 0.1) is 11.6 Å². The summed E-state index contributed by atoms with van der Waals surface area (Å²) >= 11 is 0. The minimum atomic E-state index is -0.625. The van der Waals surface area contributed by atoms with E-state index >= 15 is 0 Å². The lowest BCUT2D eigenvalue weighted by molar-refractivity contribution is 0.153. The molecule has 0 radical (unpaired) electrons. The fourth-order valence-electron chi connectivity index (χ4n) is 4.82. The smallest absolute Gasteiger partial charge is 0.123 e. The SMILES string of the molecule is O[C@H](CCCN1CCc2c(c3cc(F)ccc3n2-c2ccc(F)cc2)C1)c1ccc(F)cc1. The highest BCUT2D eigenvalue weighted by molar-refractivity contribution is 5.87. The Morgan fingerprint density at radius 2 is 1.52 bits per heavy atom. The van der Waals surface area contributed by atoms with E-state index in [1.54, 1.807) is 36.4 Å². The molecule has 1 N–H and O–H groups in total. The molecule has 1 atom stereocenters. The fraction of sp³-hybridized carbons (Fsp3) is 0.259. The second-order valence-electron chi connectivity index (χ2n) is 8.63. The van der Waals surface area contributed by atoms with Gasteiger partial charge in [-0.25, -0.2) is 13.2 Å². The summed E-state index contributed by atoms with van der Waals surface area (Å²) in [5.41, 5.74) is 4.73. The molecule has 1 aromatic heterocycles. The van der Waals surface area contributed by atoms with Gasteiger partial charge in [0.2, 0.25) is 0 Å². The summed E-state index contributed by atoms with van der Waals surface area (Å²) in [6, 6.07) is 17.2. The Labute approximate surface area is 190 Å². The molecule has 0 fully saturated rings. The standard InChI is InChI=1S/C27H25F3N2O/c28-19-5-3-18(4-6-19)27(33)2-1-14-31-15-13-26-24(17-31)23-16-21(30)9-12-25(23)32(26)22-10-7-20(29)8-11-22/h3-12,16,27,33H,1-2,13-15,17H2/t27-/m1/s1. The van der Waals surface area contributed by atoms with Gasteiger partial charge in [0, 0.05) is 36.3 Å². The molecule has 4 aromatic rings. The quantitative estimate of drug-likeness (QED) is 0.395. The van der Waals surface area contributed by atoms with Crippen LogP contribution in [0, 0.1) is 17.5 Å². The van der Waals surface area contributed by atoms with Crippen molar-refractivity contribution in [2.24, 2.45) is 0 Å². The highest BCUT2D eigenvalue weighted by Gasteiger charge is 2.25. The van der Waals surface area contributed by atoms with Gasteiger partial charge in [0.15, 0.2) is 0 Å². The van der Waals surface area contributed by atoms with Crippen LogP contribution in [0.4, 0.5) is 13.2 Å². The van der Waals surface area contributed by atoms with E-state index in [0.717, 1.165) is 59.3 Å². The Kier molecular flexibility index (Phi) is 5.96. The van der Waals surface area contributed by atoms with E-state index in [9.17, 15) is 18.3 Å². The number of halogens is 3. The first-order chi connectivity index (χ1) is 16.0. The van der Waals surface area contributed by atoms with Crippen molar-refractivity contribution in [3.63, 3.8) is 0 Å². The van der Waals surface area contributed by atoms with Crippen molar-refractivity contribution in [1.82, 2.24) is 9.47 Å². The molecule has 2 heterocycles. The predicted octanol–water partition coefficient (Wildman–Crippen LogP) is 5.92. The number of benzene rings is 3. The Morgan fingerprint density at radius 1 is 0.848 bits per heavy atom. The number of fused-ring (bicyclic) bond motifs is 3. The molecule has 0 saturated carbocycles. The normalized spacial score (nSPS) is 15.0. The summed E-state index contributed by atoms with van der Waals surface area (Å²) in [6.45, 7) is 2.34. The van der Waals surface area contributed by atoms with Crippen LogP contribution in [0.3, 0.4) is 0 Å². The molecule has 170 valence electrons. The van der Waals surface area contributed by atoms with Crippen LogP contribution in [0.5, 0.6) is 0 Å². The van der Waals surface area contributed by atoms with E-state index in [2.05, 4.69) is 9.47 Å². The number of rotatable bonds is 6. The summed E-state index contributed by atoms with van der Waals surface area (Å²) in [7, 11) is 0. The molecule has 1 aliphatic rings. The van der Waals surface area contributed by atoms with E-state index in [1.165, 1.54) is 30.3 Å². The zero-order valence-electron chi connectivity index (χ0n) is 18.1.